The van der Waals surface area contributed by atoms with E-state index in [4.69, 9.17) is 10.5 Å². The molecule has 0 aliphatic heterocycles. The van der Waals surface area contributed by atoms with Gasteiger partial charge in [0.1, 0.15) is 5.75 Å². The lowest BCUT2D eigenvalue weighted by Gasteiger charge is -2.07. The highest BCUT2D eigenvalue weighted by molar-refractivity contribution is 7.90. The molecule has 7 heteroatoms. The summed E-state index contributed by atoms with van der Waals surface area (Å²) in [7, 11) is -3.18. The van der Waals surface area contributed by atoms with Crippen molar-refractivity contribution in [2.45, 2.75) is 17.7 Å². The van der Waals surface area contributed by atoms with Gasteiger partial charge in [0.05, 0.1) is 11.5 Å². The lowest BCUT2D eigenvalue weighted by Crippen LogP contribution is -2.29. The number of nitrogens with one attached hydrogen (secondary N) is 1. The number of carbonyl (C=O) groups is 1. The standard InChI is InChI=1S/C13H20N2O4S/c1-20(17,18)12-6-4-11(5-7-12)19-10-2-3-13(16)15-9-8-14/h4-7H,2-3,8-10,14H2,1H3,(H,15,16). The van der Waals surface area contributed by atoms with E-state index in [0.717, 1.165) is 6.26 Å². The molecule has 3 N–H and O–H groups in total. The third-order valence-corrected chi connectivity index (χ3v) is 3.66. The molecule has 0 radical (unpaired) electrons. The number of benzene rings is 1. The lowest BCUT2D eigenvalue weighted by atomic mass is 10.3. The van der Waals surface area contributed by atoms with Crippen LogP contribution in [0.1, 0.15) is 12.8 Å². The number of hydrogen-bond acceptors (Lipinski definition) is 5. The van der Waals surface area contributed by atoms with E-state index in [2.05, 4.69) is 5.32 Å². The molecule has 20 heavy (non-hydrogen) atoms. The van der Waals surface area contributed by atoms with Crippen molar-refractivity contribution in [3.05, 3.63) is 24.3 Å². The van der Waals surface area contributed by atoms with Crippen molar-refractivity contribution >= 4 is 15.7 Å². The van der Waals surface area contributed by atoms with Gasteiger partial charge in [-0.05, 0) is 30.7 Å². The Labute approximate surface area is 119 Å². The summed E-state index contributed by atoms with van der Waals surface area (Å²) in [6.45, 7) is 1.30. The minimum atomic E-state index is -3.18. The Bertz CT molecular complexity index is 526. The molecule has 112 valence electrons. The van der Waals surface area contributed by atoms with Crippen LogP contribution in [0.25, 0.3) is 0 Å². The van der Waals surface area contributed by atoms with Crippen LogP contribution in [-0.2, 0) is 14.6 Å². The van der Waals surface area contributed by atoms with Gasteiger partial charge in [-0.2, -0.15) is 0 Å². The molecule has 0 aliphatic rings. The Hall–Kier alpha value is -1.60. The predicted octanol–water partition coefficient (Wildman–Crippen LogP) is 0.324. The van der Waals surface area contributed by atoms with E-state index < -0.39 is 9.84 Å². The van der Waals surface area contributed by atoms with Crippen LogP contribution in [0.2, 0.25) is 0 Å². The average Bonchev–Trinajstić information content (AvgIpc) is 2.41. The van der Waals surface area contributed by atoms with Gasteiger partial charge in [0.15, 0.2) is 9.84 Å². The van der Waals surface area contributed by atoms with Crippen LogP contribution in [0.4, 0.5) is 0 Å². The number of sulfone groups is 1. The largest absolute Gasteiger partial charge is 0.494 e. The van der Waals surface area contributed by atoms with Crippen molar-refractivity contribution in [3.8, 4) is 5.75 Å². The Morgan fingerprint density at radius 3 is 2.50 bits per heavy atom. The zero-order valence-corrected chi connectivity index (χ0v) is 12.3. The molecule has 6 nitrogen and oxygen atoms in total. The summed E-state index contributed by atoms with van der Waals surface area (Å²) in [5.41, 5.74) is 5.27. The minimum absolute atomic E-state index is 0.0496. The first-order chi connectivity index (χ1) is 9.43. The van der Waals surface area contributed by atoms with Gasteiger partial charge in [-0.1, -0.05) is 0 Å². The Kier molecular flexibility index (Phi) is 6.47. The van der Waals surface area contributed by atoms with Gasteiger partial charge in [-0.25, -0.2) is 8.42 Å². The van der Waals surface area contributed by atoms with Gasteiger partial charge >= 0.3 is 0 Å². The van der Waals surface area contributed by atoms with E-state index in [1.54, 1.807) is 12.1 Å². The SMILES string of the molecule is CS(=O)(=O)c1ccc(OCCCC(=O)NCCN)cc1. The molecular formula is C13H20N2O4S. The van der Waals surface area contributed by atoms with E-state index in [1.165, 1.54) is 12.1 Å². The summed E-state index contributed by atoms with van der Waals surface area (Å²) in [6, 6.07) is 6.20. The van der Waals surface area contributed by atoms with E-state index in [9.17, 15) is 13.2 Å². The molecule has 0 fully saturated rings. The van der Waals surface area contributed by atoms with Crippen LogP contribution in [-0.4, -0.2) is 40.3 Å². The van der Waals surface area contributed by atoms with Crippen LogP contribution in [0.5, 0.6) is 5.75 Å². The molecule has 0 atom stereocenters. The molecule has 1 rings (SSSR count). The first-order valence-corrected chi connectivity index (χ1v) is 8.22. The average molecular weight is 300 g/mol. The summed E-state index contributed by atoms with van der Waals surface area (Å²) < 4.78 is 28.0. The van der Waals surface area contributed by atoms with Crippen LogP contribution in [0, 0.1) is 0 Å². The monoisotopic (exact) mass is 300 g/mol. The molecule has 0 unspecified atom stereocenters. The Morgan fingerprint density at radius 2 is 1.95 bits per heavy atom. The summed E-state index contributed by atoms with van der Waals surface area (Å²) in [4.78, 5) is 11.5. The second-order valence-corrected chi connectivity index (χ2v) is 6.35. The molecular weight excluding hydrogens is 280 g/mol. The van der Waals surface area contributed by atoms with Crippen molar-refractivity contribution in [2.75, 3.05) is 26.0 Å². The molecule has 0 aliphatic carbocycles. The zero-order valence-electron chi connectivity index (χ0n) is 11.5. The van der Waals surface area contributed by atoms with Gasteiger partial charge < -0.3 is 15.8 Å². The quantitative estimate of drug-likeness (QED) is 0.674. The number of nitrogens with two attached hydrogens (primary N) is 1. The van der Waals surface area contributed by atoms with Crippen molar-refractivity contribution in [3.63, 3.8) is 0 Å². The summed E-state index contributed by atoms with van der Waals surface area (Å²) >= 11 is 0. The third kappa shape index (κ3) is 6.03. The van der Waals surface area contributed by atoms with Crippen molar-refractivity contribution in [2.24, 2.45) is 5.73 Å². The molecule has 0 saturated carbocycles. The Morgan fingerprint density at radius 1 is 1.30 bits per heavy atom. The third-order valence-electron chi connectivity index (χ3n) is 2.54. The summed E-state index contributed by atoms with van der Waals surface area (Å²) in [6.07, 6.45) is 2.12. The highest BCUT2D eigenvalue weighted by Gasteiger charge is 2.06. The maximum absolute atomic E-state index is 11.3. The molecule has 1 aromatic rings. The number of rotatable bonds is 8. The highest BCUT2D eigenvalue weighted by Crippen LogP contribution is 2.15. The molecule has 0 aromatic heterocycles. The molecule has 0 spiro atoms. The molecule has 0 heterocycles. The Balaban J connectivity index is 2.31. The zero-order chi connectivity index (χ0) is 15.0. The van der Waals surface area contributed by atoms with E-state index >= 15 is 0 Å². The predicted molar refractivity (Wildman–Crippen MR) is 76.3 cm³/mol. The maximum atomic E-state index is 11.3. The number of ether oxygens (including phenoxy) is 1. The maximum Gasteiger partial charge on any atom is 0.220 e. The lowest BCUT2D eigenvalue weighted by molar-refractivity contribution is -0.121. The molecule has 0 bridgehead atoms. The molecule has 0 saturated heterocycles. The van der Waals surface area contributed by atoms with Gasteiger partial charge in [0.2, 0.25) is 5.91 Å². The van der Waals surface area contributed by atoms with Gasteiger partial charge in [-0.15, -0.1) is 0 Å². The van der Waals surface area contributed by atoms with Gasteiger partial charge in [0, 0.05) is 25.8 Å². The number of hydrogen-bond donors (Lipinski definition) is 2. The first-order valence-electron chi connectivity index (χ1n) is 6.33. The van der Waals surface area contributed by atoms with Crippen LogP contribution in [0.3, 0.4) is 0 Å². The van der Waals surface area contributed by atoms with Gasteiger partial charge in [-0.3, -0.25) is 4.79 Å². The number of carbonyl (C=O) groups excluding carboxylic acids is 1. The second-order valence-electron chi connectivity index (χ2n) is 4.33. The molecule has 1 amide bonds. The van der Waals surface area contributed by atoms with Crippen LogP contribution >= 0.6 is 0 Å². The van der Waals surface area contributed by atoms with E-state index in [-0.39, 0.29) is 10.8 Å². The van der Waals surface area contributed by atoms with Crippen molar-refractivity contribution in [1.29, 1.82) is 0 Å². The number of amides is 1. The van der Waals surface area contributed by atoms with Gasteiger partial charge in [0.25, 0.3) is 0 Å². The smallest absolute Gasteiger partial charge is 0.220 e. The van der Waals surface area contributed by atoms with E-state index in [1.807, 2.05) is 0 Å². The summed E-state index contributed by atoms with van der Waals surface area (Å²) in [5.74, 6) is 0.534. The van der Waals surface area contributed by atoms with Crippen LogP contribution < -0.4 is 15.8 Å². The summed E-state index contributed by atoms with van der Waals surface area (Å²) in [5, 5.41) is 2.67. The van der Waals surface area contributed by atoms with E-state index in [0.29, 0.717) is 38.3 Å². The fourth-order valence-corrected chi connectivity index (χ4v) is 2.14. The minimum Gasteiger partial charge on any atom is -0.494 e. The van der Waals surface area contributed by atoms with Crippen LogP contribution in [0.15, 0.2) is 29.2 Å². The normalized spacial score (nSPS) is 11.1. The fraction of sp³-hybridized carbons (Fsp3) is 0.462. The second kappa shape index (κ2) is 7.86. The fourth-order valence-electron chi connectivity index (χ4n) is 1.51. The topological polar surface area (TPSA) is 98.5 Å². The van der Waals surface area contributed by atoms with Crippen molar-refractivity contribution in [1.82, 2.24) is 5.32 Å². The molecule has 1 aromatic carbocycles. The van der Waals surface area contributed by atoms with Crippen molar-refractivity contribution < 1.29 is 17.9 Å². The highest BCUT2D eigenvalue weighted by atomic mass is 32.2. The first kappa shape index (κ1) is 16.5.